The molecule has 1 aromatic heterocycles. The molecule has 1 saturated heterocycles. The molecule has 2 rings (SSSR count). The SMILES string of the molecule is CCCC1C(=O)NC(CC)C(=O)N1Cc1csc(C)n1. The van der Waals surface area contributed by atoms with Crippen LogP contribution in [0.5, 0.6) is 0 Å². The second kappa shape index (κ2) is 6.35. The lowest BCUT2D eigenvalue weighted by molar-refractivity contribution is -0.150. The van der Waals surface area contributed by atoms with Crippen molar-refractivity contribution in [3.8, 4) is 0 Å². The fourth-order valence-electron chi connectivity index (χ4n) is 2.51. The normalized spacial score (nSPS) is 23.1. The number of nitrogens with zero attached hydrogens (tertiary/aromatic N) is 2. The number of nitrogens with one attached hydrogen (secondary N) is 1. The molecule has 0 radical (unpaired) electrons. The molecule has 0 aliphatic carbocycles. The smallest absolute Gasteiger partial charge is 0.246 e. The van der Waals surface area contributed by atoms with Crippen molar-refractivity contribution in [3.05, 3.63) is 16.1 Å². The molecule has 2 unspecified atom stereocenters. The summed E-state index contributed by atoms with van der Waals surface area (Å²) in [6.07, 6.45) is 2.18. The van der Waals surface area contributed by atoms with E-state index < -0.39 is 6.04 Å². The minimum atomic E-state index is -0.393. The van der Waals surface area contributed by atoms with Gasteiger partial charge in [0.05, 0.1) is 17.2 Å². The van der Waals surface area contributed by atoms with Crippen molar-refractivity contribution in [1.82, 2.24) is 15.2 Å². The third-order valence-corrected chi connectivity index (χ3v) is 4.37. The number of aromatic nitrogens is 1. The minimum Gasteiger partial charge on any atom is -0.343 e. The first-order chi connectivity index (χ1) is 9.56. The molecule has 0 spiro atoms. The lowest BCUT2D eigenvalue weighted by Gasteiger charge is -2.38. The highest BCUT2D eigenvalue weighted by atomic mass is 32.1. The standard InChI is InChI=1S/C14H21N3O2S/c1-4-6-12-13(18)16-11(5-2)14(19)17(12)7-10-8-20-9(3)15-10/h8,11-12H,4-7H2,1-3H3,(H,16,18). The number of carbonyl (C=O) groups is 2. The Morgan fingerprint density at radius 2 is 2.15 bits per heavy atom. The second-order valence-corrected chi connectivity index (χ2v) is 6.16. The fourth-order valence-corrected chi connectivity index (χ4v) is 3.11. The van der Waals surface area contributed by atoms with E-state index in [4.69, 9.17) is 0 Å². The van der Waals surface area contributed by atoms with Gasteiger partial charge in [-0.3, -0.25) is 9.59 Å². The van der Waals surface area contributed by atoms with Crippen molar-refractivity contribution in [2.24, 2.45) is 0 Å². The van der Waals surface area contributed by atoms with Gasteiger partial charge in [-0.1, -0.05) is 20.3 Å². The summed E-state index contributed by atoms with van der Waals surface area (Å²) < 4.78 is 0. The zero-order valence-corrected chi connectivity index (χ0v) is 13.0. The summed E-state index contributed by atoms with van der Waals surface area (Å²) in [5.74, 6) is -0.0264. The van der Waals surface area contributed by atoms with Crippen LogP contribution in [0.15, 0.2) is 5.38 Å². The molecular weight excluding hydrogens is 274 g/mol. The Bertz CT molecular complexity index is 500. The lowest BCUT2D eigenvalue weighted by atomic mass is 10.0. The Morgan fingerprint density at radius 1 is 1.40 bits per heavy atom. The molecule has 1 N–H and O–H groups in total. The summed E-state index contributed by atoms with van der Waals surface area (Å²) in [5, 5.41) is 5.76. The molecule has 1 aromatic rings. The highest BCUT2D eigenvalue weighted by molar-refractivity contribution is 7.09. The quantitative estimate of drug-likeness (QED) is 0.902. The van der Waals surface area contributed by atoms with E-state index in [1.807, 2.05) is 26.2 Å². The molecule has 6 heteroatoms. The van der Waals surface area contributed by atoms with Crippen LogP contribution in [-0.4, -0.2) is 33.8 Å². The molecule has 1 fully saturated rings. The Hall–Kier alpha value is -1.43. The van der Waals surface area contributed by atoms with Crippen LogP contribution >= 0.6 is 11.3 Å². The molecule has 2 amide bonds. The Labute approximate surface area is 123 Å². The van der Waals surface area contributed by atoms with Crippen LogP contribution in [0.2, 0.25) is 0 Å². The monoisotopic (exact) mass is 295 g/mol. The number of carbonyl (C=O) groups excluding carboxylic acids is 2. The first-order valence-corrected chi connectivity index (χ1v) is 7.96. The maximum absolute atomic E-state index is 12.5. The maximum atomic E-state index is 12.5. The van der Waals surface area contributed by atoms with Crippen molar-refractivity contribution in [1.29, 1.82) is 0 Å². The average molecular weight is 295 g/mol. The fraction of sp³-hybridized carbons (Fsp3) is 0.643. The number of aryl methyl sites for hydroxylation is 1. The molecule has 1 aliphatic heterocycles. The third kappa shape index (κ3) is 3.00. The van der Waals surface area contributed by atoms with Gasteiger partial charge in [0.25, 0.3) is 0 Å². The zero-order valence-electron chi connectivity index (χ0n) is 12.2. The number of hydrogen-bond donors (Lipinski definition) is 1. The van der Waals surface area contributed by atoms with Gasteiger partial charge in [0.1, 0.15) is 12.1 Å². The maximum Gasteiger partial charge on any atom is 0.246 e. The van der Waals surface area contributed by atoms with Crippen molar-refractivity contribution in [2.45, 2.75) is 58.7 Å². The molecule has 0 bridgehead atoms. The topological polar surface area (TPSA) is 62.3 Å². The van der Waals surface area contributed by atoms with Crippen LogP contribution in [0.1, 0.15) is 43.8 Å². The molecule has 20 heavy (non-hydrogen) atoms. The van der Waals surface area contributed by atoms with Gasteiger partial charge in [0, 0.05) is 5.38 Å². The van der Waals surface area contributed by atoms with Crippen LogP contribution in [0.3, 0.4) is 0 Å². The van der Waals surface area contributed by atoms with Crippen LogP contribution < -0.4 is 5.32 Å². The van der Waals surface area contributed by atoms with Gasteiger partial charge in [0.15, 0.2) is 0 Å². The Balaban J connectivity index is 2.22. The molecule has 5 nitrogen and oxygen atoms in total. The highest BCUT2D eigenvalue weighted by Crippen LogP contribution is 2.20. The van der Waals surface area contributed by atoms with Gasteiger partial charge < -0.3 is 10.2 Å². The van der Waals surface area contributed by atoms with E-state index >= 15 is 0 Å². The minimum absolute atomic E-state index is 0.0104. The molecule has 2 heterocycles. The number of piperazine rings is 1. The van der Waals surface area contributed by atoms with E-state index in [2.05, 4.69) is 10.3 Å². The molecule has 0 saturated carbocycles. The van der Waals surface area contributed by atoms with Crippen molar-refractivity contribution >= 4 is 23.2 Å². The van der Waals surface area contributed by atoms with E-state index in [1.165, 1.54) is 0 Å². The summed E-state index contributed by atoms with van der Waals surface area (Å²) in [5.41, 5.74) is 0.867. The van der Waals surface area contributed by atoms with Crippen LogP contribution in [0, 0.1) is 6.92 Å². The van der Waals surface area contributed by atoms with Gasteiger partial charge in [-0.2, -0.15) is 0 Å². The summed E-state index contributed by atoms with van der Waals surface area (Å²) in [7, 11) is 0. The van der Waals surface area contributed by atoms with Crippen LogP contribution in [0.25, 0.3) is 0 Å². The number of amides is 2. The largest absolute Gasteiger partial charge is 0.343 e. The summed E-state index contributed by atoms with van der Waals surface area (Å²) in [6.45, 7) is 6.30. The van der Waals surface area contributed by atoms with Crippen LogP contribution in [-0.2, 0) is 16.1 Å². The van der Waals surface area contributed by atoms with E-state index in [9.17, 15) is 9.59 Å². The number of hydrogen-bond acceptors (Lipinski definition) is 4. The number of thiazole rings is 1. The van der Waals surface area contributed by atoms with Gasteiger partial charge >= 0.3 is 0 Å². The summed E-state index contributed by atoms with van der Waals surface area (Å²) in [6, 6.07) is -0.757. The highest BCUT2D eigenvalue weighted by Gasteiger charge is 2.39. The van der Waals surface area contributed by atoms with Gasteiger partial charge in [-0.25, -0.2) is 4.98 Å². The lowest BCUT2D eigenvalue weighted by Crippen LogP contribution is -2.62. The van der Waals surface area contributed by atoms with Crippen molar-refractivity contribution in [2.75, 3.05) is 0 Å². The Kier molecular flexibility index (Phi) is 4.75. The predicted molar refractivity (Wildman–Crippen MR) is 78.3 cm³/mol. The van der Waals surface area contributed by atoms with Crippen LogP contribution in [0.4, 0.5) is 0 Å². The first-order valence-electron chi connectivity index (χ1n) is 7.08. The summed E-state index contributed by atoms with van der Waals surface area (Å²) >= 11 is 1.57. The average Bonchev–Trinajstić information content (AvgIpc) is 2.83. The third-order valence-electron chi connectivity index (χ3n) is 3.55. The van der Waals surface area contributed by atoms with E-state index in [0.717, 1.165) is 17.1 Å². The first kappa shape index (κ1) is 15.0. The molecule has 1 aliphatic rings. The summed E-state index contributed by atoms with van der Waals surface area (Å²) in [4.78, 5) is 30.8. The van der Waals surface area contributed by atoms with Crippen molar-refractivity contribution < 1.29 is 9.59 Å². The molecule has 2 atom stereocenters. The Morgan fingerprint density at radius 3 is 2.70 bits per heavy atom. The number of rotatable bonds is 5. The molecule has 110 valence electrons. The van der Waals surface area contributed by atoms with Crippen molar-refractivity contribution in [3.63, 3.8) is 0 Å². The van der Waals surface area contributed by atoms with E-state index in [-0.39, 0.29) is 17.9 Å². The van der Waals surface area contributed by atoms with E-state index in [1.54, 1.807) is 16.2 Å². The second-order valence-electron chi connectivity index (χ2n) is 5.10. The predicted octanol–water partition coefficient (Wildman–Crippen LogP) is 1.86. The van der Waals surface area contributed by atoms with Gasteiger partial charge in [-0.15, -0.1) is 11.3 Å². The molecular formula is C14H21N3O2S. The van der Waals surface area contributed by atoms with E-state index in [0.29, 0.717) is 19.4 Å². The van der Waals surface area contributed by atoms with Gasteiger partial charge in [0.2, 0.25) is 11.8 Å². The van der Waals surface area contributed by atoms with Gasteiger partial charge in [-0.05, 0) is 19.8 Å². The molecule has 0 aromatic carbocycles. The zero-order chi connectivity index (χ0) is 14.7.